The van der Waals surface area contributed by atoms with Crippen LogP contribution in [0, 0.1) is 11.8 Å². The fourth-order valence-electron chi connectivity index (χ4n) is 3.11. The molecule has 0 amide bonds. The minimum atomic E-state index is -0.937. The van der Waals surface area contributed by atoms with Gasteiger partial charge in [0.15, 0.2) is 0 Å². The van der Waals surface area contributed by atoms with Gasteiger partial charge in [0.2, 0.25) is 0 Å². The maximum atomic E-state index is 11.8. The molecule has 0 aromatic carbocycles. The number of esters is 2. The number of carbonyl (C=O) groups is 3. The first-order valence-corrected chi connectivity index (χ1v) is 8.54. The number of carbonyl (C=O) groups excluding carboxylic acids is 2. The summed E-state index contributed by atoms with van der Waals surface area (Å²) in [6.07, 6.45) is 2.20. The van der Waals surface area contributed by atoms with E-state index < -0.39 is 24.1 Å². The zero-order valence-corrected chi connectivity index (χ0v) is 14.2. The van der Waals surface area contributed by atoms with Crippen LogP contribution in [0.2, 0.25) is 0 Å². The van der Waals surface area contributed by atoms with Gasteiger partial charge in [-0.2, -0.15) is 0 Å². The van der Waals surface area contributed by atoms with Crippen molar-refractivity contribution in [1.29, 1.82) is 0 Å². The quantitative estimate of drug-likeness (QED) is 0.689. The van der Waals surface area contributed by atoms with Crippen LogP contribution in [-0.4, -0.2) is 35.2 Å². The van der Waals surface area contributed by atoms with Gasteiger partial charge < -0.3 is 14.6 Å². The molecule has 0 aromatic rings. The monoisotopic (exact) mass is 328 g/mol. The van der Waals surface area contributed by atoms with Crippen molar-refractivity contribution in [3.05, 3.63) is 0 Å². The van der Waals surface area contributed by atoms with Crippen LogP contribution in [0.1, 0.15) is 65.7 Å². The lowest BCUT2D eigenvalue weighted by atomic mass is 9.76. The summed E-state index contributed by atoms with van der Waals surface area (Å²) >= 11 is 0. The van der Waals surface area contributed by atoms with Gasteiger partial charge in [-0.25, -0.2) is 0 Å². The van der Waals surface area contributed by atoms with Crippen molar-refractivity contribution in [2.75, 3.05) is 0 Å². The average molecular weight is 328 g/mol. The van der Waals surface area contributed by atoms with Crippen LogP contribution in [0.15, 0.2) is 0 Å². The number of hydrogen-bond acceptors (Lipinski definition) is 5. The molecule has 6 nitrogen and oxygen atoms in total. The number of aliphatic carboxylic acids is 1. The second-order valence-electron chi connectivity index (χ2n) is 6.14. The largest absolute Gasteiger partial charge is 0.481 e. The van der Waals surface area contributed by atoms with Gasteiger partial charge in [0.05, 0.1) is 5.92 Å². The molecule has 0 spiro atoms. The smallest absolute Gasteiger partial charge is 0.306 e. The first-order valence-electron chi connectivity index (χ1n) is 8.54. The number of hydrogen-bond donors (Lipinski definition) is 1. The molecule has 4 atom stereocenters. The molecule has 1 aliphatic rings. The zero-order chi connectivity index (χ0) is 17.4. The van der Waals surface area contributed by atoms with Crippen LogP contribution in [0.4, 0.5) is 0 Å². The normalized spacial score (nSPS) is 27.3. The SMILES string of the molecule is CCCC(=O)O[C@H]1CC(C(=O)O)C[C@@H](OC(=O)CCC)C1CC. The molecular formula is C17H28O6. The molecule has 2 unspecified atom stereocenters. The standard InChI is InChI=1S/C17H28O6/c1-4-7-15(18)22-13-9-11(17(20)21)10-14(12(13)6-3)23-16(19)8-5-2/h11-14H,4-10H2,1-3H3,(H,20,21)/t11?,12?,13-,14+. The molecular weight excluding hydrogens is 300 g/mol. The van der Waals surface area contributed by atoms with Crippen LogP contribution in [0.3, 0.4) is 0 Å². The van der Waals surface area contributed by atoms with Crippen molar-refractivity contribution in [1.82, 2.24) is 0 Å². The lowest BCUT2D eigenvalue weighted by molar-refractivity contribution is -0.175. The van der Waals surface area contributed by atoms with Crippen molar-refractivity contribution < 1.29 is 29.0 Å². The zero-order valence-electron chi connectivity index (χ0n) is 14.2. The topological polar surface area (TPSA) is 89.9 Å². The van der Waals surface area contributed by atoms with Crippen molar-refractivity contribution in [3.8, 4) is 0 Å². The van der Waals surface area contributed by atoms with Crippen molar-refractivity contribution >= 4 is 17.9 Å². The Hall–Kier alpha value is -1.59. The van der Waals surface area contributed by atoms with Gasteiger partial charge in [0.25, 0.3) is 0 Å². The second-order valence-corrected chi connectivity index (χ2v) is 6.14. The summed E-state index contributed by atoms with van der Waals surface area (Å²) in [4.78, 5) is 35.0. The van der Waals surface area contributed by atoms with Gasteiger partial charge in [-0.15, -0.1) is 0 Å². The average Bonchev–Trinajstić information content (AvgIpc) is 2.47. The highest BCUT2D eigenvalue weighted by Gasteiger charge is 2.43. The third-order valence-corrected chi connectivity index (χ3v) is 4.28. The van der Waals surface area contributed by atoms with E-state index in [1.807, 2.05) is 20.8 Å². The predicted octanol–water partition coefficient (Wildman–Crippen LogP) is 2.93. The Bertz CT molecular complexity index is 389. The molecule has 0 aromatic heterocycles. The number of carboxylic acid groups (broad SMARTS) is 1. The van der Waals surface area contributed by atoms with E-state index in [-0.39, 0.29) is 30.7 Å². The minimum Gasteiger partial charge on any atom is -0.481 e. The van der Waals surface area contributed by atoms with E-state index >= 15 is 0 Å². The third-order valence-electron chi connectivity index (χ3n) is 4.28. The number of ether oxygens (including phenoxy) is 2. The van der Waals surface area contributed by atoms with Crippen LogP contribution >= 0.6 is 0 Å². The lowest BCUT2D eigenvalue weighted by Crippen LogP contribution is -2.46. The minimum absolute atomic E-state index is 0.146. The van der Waals surface area contributed by atoms with E-state index in [0.717, 1.165) is 0 Å². The summed E-state index contributed by atoms with van der Waals surface area (Å²) in [6.45, 7) is 5.71. The van der Waals surface area contributed by atoms with E-state index in [4.69, 9.17) is 9.47 Å². The van der Waals surface area contributed by atoms with Crippen LogP contribution in [0.25, 0.3) is 0 Å². The Morgan fingerprint density at radius 3 is 1.65 bits per heavy atom. The predicted molar refractivity (Wildman–Crippen MR) is 83.7 cm³/mol. The summed E-state index contributed by atoms with van der Waals surface area (Å²) in [6, 6.07) is 0. The Morgan fingerprint density at radius 1 is 0.913 bits per heavy atom. The Balaban J connectivity index is 2.86. The summed E-state index contributed by atoms with van der Waals surface area (Å²) in [5, 5.41) is 9.33. The molecule has 1 fully saturated rings. The highest BCUT2D eigenvalue weighted by molar-refractivity contribution is 5.72. The first kappa shape index (κ1) is 19.5. The van der Waals surface area contributed by atoms with Crippen LogP contribution in [0.5, 0.6) is 0 Å². The first-order chi connectivity index (χ1) is 10.9. The van der Waals surface area contributed by atoms with Gasteiger partial charge in [-0.1, -0.05) is 20.8 Å². The van der Waals surface area contributed by atoms with E-state index in [1.165, 1.54) is 0 Å². The number of rotatable bonds is 8. The van der Waals surface area contributed by atoms with Crippen LogP contribution in [-0.2, 0) is 23.9 Å². The van der Waals surface area contributed by atoms with Crippen LogP contribution < -0.4 is 0 Å². The summed E-state index contributed by atoms with van der Waals surface area (Å²) in [5.41, 5.74) is 0. The molecule has 1 rings (SSSR count). The van der Waals surface area contributed by atoms with Gasteiger partial charge in [-0.05, 0) is 32.1 Å². The fraction of sp³-hybridized carbons (Fsp3) is 0.824. The van der Waals surface area contributed by atoms with E-state index in [1.54, 1.807) is 0 Å². The van der Waals surface area contributed by atoms with Crippen molar-refractivity contribution in [2.45, 2.75) is 77.9 Å². The molecule has 0 heterocycles. The Labute approximate surface area is 137 Å². The maximum absolute atomic E-state index is 11.8. The van der Waals surface area contributed by atoms with E-state index in [2.05, 4.69) is 0 Å². The lowest BCUT2D eigenvalue weighted by Gasteiger charge is -2.39. The molecule has 1 N–H and O–H groups in total. The van der Waals surface area contributed by atoms with E-state index in [0.29, 0.717) is 32.1 Å². The highest BCUT2D eigenvalue weighted by Crippen LogP contribution is 2.36. The summed E-state index contributed by atoms with van der Waals surface area (Å²) < 4.78 is 11.0. The molecule has 0 radical (unpaired) electrons. The molecule has 0 aliphatic heterocycles. The van der Waals surface area contributed by atoms with Gasteiger partial charge in [0, 0.05) is 18.8 Å². The second kappa shape index (κ2) is 9.53. The molecule has 1 aliphatic carbocycles. The fourth-order valence-corrected chi connectivity index (χ4v) is 3.11. The highest BCUT2D eigenvalue weighted by atomic mass is 16.6. The summed E-state index contributed by atoms with van der Waals surface area (Å²) in [5.74, 6) is -2.38. The molecule has 1 saturated carbocycles. The Morgan fingerprint density at radius 2 is 1.35 bits per heavy atom. The van der Waals surface area contributed by atoms with E-state index in [9.17, 15) is 19.5 Å². The molecule has 0 bridgehead atoms. The third kappa shape index (κ3) is 5.84. The Kier molecular flexibility index (Phi) is 8.06. The van der Waals surface area contributed by atoms with Crippen molar-refractivity contribution in [3.63, 3.8) is 0 Å². The van der Waals surface area contributed by atoms with Gasteiger partial charge in [-0.3, -0.25) is 14.4 Å². The van der Waals surface area contributed by atoms with Crippen molar-refractivity contribution in [2.24, 2.45) is 11.8 Å². The molecule has 6 heteroatoms. The number of carboxylic acids is 1. The molecule has 23 heavy (non-hydrogen) atoms. The maximum Gasteiger partial charge on any atom is 0.306 e. The van der Waals surface area contributed by atoms with Gasteiger partial charge >= 0.3 is 17.9 Å². The molecule has 132 valence electrons. The molecule has 0 saturated heterocycles. The van der Waals surface area contributed by atoms with Gasteiger partial charge in [0.1, 0.15) is 12.2 Å². The summed E-state index contributed by atoms with van der Waals surface area (Å²) in [7, 11) is 0.